The molecule has 0 radical (unpaired) electrons. The fourth-order valence-corrected chi connectivity index (χ4v) is 3.04. The summed E-state index contributed by atoms with van der Waals surface area (Å²) < 4.78 is 6.20. The van der Waals surface area contributed by atoms with E-state index in [-0.39, 0.29) is 24.0 Å². The van der Waals surface area contributed by atoms with Gasteiger partial charge in [0.15, 0.2) is 5.13 Å². The van der Waals surface area contributed by atoms with Crippen LogP contribution in [0.2, 0.25) is 0 Å². The average Bonchev–Trinajstić information content (AvgIpc) is 2.91. The van der Waals surface area contributed by atoms with Crippen LogP contribution in [0.4, 0.5) is 16.6 Å². The molecule has 0 saturated heterocycles. The van der Waals surface area contributed by atoms with E-state index in [4.69, 9.17) is 4.74 Å². The number of hydrogen-bond donors (Lipinski definition) is 1. The van der Waals surface area contributed by atoms with Crippen molar-refractivity contribution in [3.63, 3.8) is 0 Å². The third kappa shape index (κ3) is 2.90. The molecule has 0 aliphatic rings. The van der Waals surface area contributed by atoms with Gasteiger partial charge < -0.3 is 10.1 Å². The highest BCUT2D eigenvalue weighted by atomic mass is 32.1. The second kappa shape index (κ2) is 6.13. The molecule has 0 fully saturated rings. The summed E-state index contributed by atoms with van der Waals surface area (Å²) >= 11 is 1.40. The van der Waals surface area contributed by atoms with Gasteiger partial charge in [-0.05, 0) is 25.5 Å². The lowest BCUT2D eigenvalue weighted by atomic mass is 10.2. The first kappa shape index (κ1) is 15.1. The number of para-hydroxylation sites is 1. The fraction of sp³-hybridized carbons (Fsp3) is 0.214. The number of benzene rings is 1. The van der Waals surface area contributed by atoms with Crippen LogP contribution in [0.25, 0.3) is 10.2 Å². The molecule has 3 rings (SSSR count). The summed E-state index contributed by atoms with van der Waals surface area (Å²) in [6, 6.07) is 5.86. The Morgan fingerprint density at radius 2 is 2.22 bits per heavy atom. The van der Waals surface area contributed by atoms with Crippen LogP contribution >= 0.6 is 11.3 Å². The van der Waals surface area contributed by atoms with E-state index >= 15 is 0 Å². The van der Waals surface area contributed by atoms with Gasteiger partial charge in [0.2, 0.25) is 5.82 Å². The van der Waals surface area contributed by atoms with Gasteiger partial charge in [0, 0.05) is 0 Å². The molecule has 0 atom stereocenters. The average molecular weight is 331 g/mol. The Hall–Kier alpha value is -2.81. The van der Waals surface area contributed by atoms with Gasteiger partial charge in [-0.1, -0.05) is 23.5 Å². The number of nitro groups is 1. The Labute approximate surface area is 135 Å². The maximum absolute atomic E-state index is 11.3. The molecule has 0 aliphatic carbocycles. The molecule has 0 bridgehead atoms. The topological polar surface area (TPSA) is 103 Å². The lowest BCUT2D eigenvalue weighted by Gasteiger charge is -2.06. The van der Waals surface area contributed by atoms with E-state index in [1.54, 1.807) is 6.92 Å². The van der Waals surface area contributed by atoms with E-state index < -0.39 is 4.92 Å². The zero-order chi connectivity index (χ0) is 16.4. The minimum Gasteiger partial charge on any atom is -0.473 e. The summed E-state index contributed by atoms with van der Waals surface area (Å²) in [7, 11) is 0. The van der Waals surface area contributed by atoms with Crippen molar-refractivity contribution in [1.29, 1.82) is 0 Å². The van der Waals surface area contributed by atoms with Gasteiger partial charge in [0.05, 0.1) is 21.7 Å². The summed E-state index contributed by atoms with van der Waals surface area (Å²) in [6.45, 7) is 3.97. The molecular formula is C14H13N5O3S. The van der Waals surface area contributed by atoms with Crippen molar-refractivity contribution in [2.75, 3.05) is 11.9 Å². The van der Waals surface area contributed by atoms with E-state index in [0.29, 0.717) is 5.13 Å². The van der Waals surface area contributed by atoms with Crippen LogP contribution < -0.4 is 10.1 Å². The van der Waals surface area contributed by atoms with Crippen molar-refractivity contribution in [2.45, 2.75) is 13.8 Å². The summed E-state index contributed by atoms with van der Waals surface area (Å²) in [5.41, 5.74) is 1.60. The van der Waals surface area contributed by atoms with E-state index in [9.17, 15) is 10.1 Å². The smallest absolute Gasteiger partial charge is 0.373 e. The predicted molar refractivity (Wildman–Crippen MR) is 87.5 cm³/mol. The lowest BCUT2D eigenvalue weighted by molar-refractivity contribution is -0.385. The van der Waals surface area contributed by atoms with Crippen molar-refractivity contribution in [3.8, 4) is 5.88 Å². The second-order valence-corrected chi connectivity index (χ2v) is 5.66. The molecular weight excluding hydrogens is 318 g/mol. The summed E-state index contributed by atoms with van der Waals surface area (Å²) in [6.07, 6.45) is 1.22. The van der Waals surface area contributed by atoms with Gasteiger partial charge in [-0.15, -0.1) is 0 Å². The molecule has 0 unspecified atom stereocenters. The van der Waals surface area contributed by atoms with Crippen molar-refractivity contribution in [1.82, 2.24) is 15.0 Å². The first-order valence-corrected chi connectivity index (χ1v) is 7.67. The number of aryl methyl sites for hydroxylation is 1. The summed E-state index contributed by atoms with van der Waals surface area (Å²) in [4.78, 5) is 23.0. The Balaban J connectivity index is 2.02. The molecule has 1 aromatic carbocycles. The van der Waals surface area contributed by atoms with E-state index in [1.807, 2.05) is 25.1 Å². The van der Waals surface area contributed by atoms with Gasteiger partial charge >= 0.3 is 5.69 Å². The van der Waals surface area contributed by atoms with Crippen molar-refractivity contribution < 1.29 is 9.66 Å². The van der Waals surface area contributed by atoms with Crippen LogP contribution in [0.5, 0.6) is 5.88 Å². The first-order valence-electron chi connectivity index (χ1n) is 6.85. The van der Waals surface area contributed by atoms with Gasteiger partial charge in [0.25, 0.3) is 5.88 Å². The third-order valence-corrected chi connectivity index (χ3v) is 4.03. The molecule has 2 aromatic heterocycles. The van der Waals surface area contributed by atoms with Crippen molar-refractivity contribution in [2.24, 2.45) is 0 Å². The number of rotatable bonds is 5. The second-order valence-electron chi connectivity index (χ2n) is 4.63. The largest absolute Gasteiger partial charge is 0.473 e. The standard InChI is InChI=1S/C14H13N5O3S/c1-3-22-13-11(19(20)21)12(15-7-16-13)18-14-17-10-8(2)5-4-6-9(10)23-14/h4-7H,3H2,1-2H3,(H,15,16,17,18). The number of anilines is 2. The van der Waals surface area contributed by atoms with E-state index in [0.717, 1.165) is 15.8 Å². The van der Waals surface area contributed by atoms with Crippen molar-refractivity contribution in [3.05, 3.63) is 40.2 Å². The zero-order valence-electron chi connectivity index (χ0n) is 12.4. The molecule has 23 heavy (non-hydrogen) atoms. The van der Waals surface area contributed by atoms with Crippen molar-refractivity contribution >= 4 is 38.2 Å². The quantitative estimate of drug-likeness (QED) is 0.564. The van der Waals surface area contributed by atoms with Gasteiger partial charge in [-0.3, -0.25) is 10.1 Å². The third-order valence-electron chi connectivity index (χ3n) is 3.10. The monoisotopic (exact) mass is 331 g/mol. The van der Waals surface area contributed by atoms with E-state index in [1.165, 1.54) is 17.7 Å². The molecule has 1 N–H and O–H groups in total. The molecule has 0 aliphatic heterocycles. The minimum absolute atomic E-state index is 0.0603. The number of hydrogen-bond acceptors (Lipinski definition) is 8. The molecule has 118 valence electrons. The highest BCUT2D eigenvalue weighted by Gasteiger charge is 2.25. The molecule has 8 nitrogen and oxygen atoms in total. The van der Waals surface area contributed by atoms with Crippen LogP contribution in [-0.4, -0.2) is 26.5 Å². The maximum atomic E-state index is 11.3. The highest BCUT2D eigenvalue weighted by molar-refractivity contribution is 7.22. The van der Waals surface area contributed by atoms with Crippen LogP contribution in [0.1, 0.15) is 12.5 Å². The number of nitrogens with one attached hydrogen (secondary N) is 1. The zero-order valence-corrected chi connectivity index (χ0v) is 13.3. The summed E-state index contributed by atoms with van der Waals surface area (Å²) in [5, 5.41) is 14.8. The SMILES string of the molecule is CCOc1ncnc(Nc2nc3c(C)cccc3s2)c1[N+](=O)[O-]. The molecule has 9 heteroatoms. The maximum Gasteiger partial charge on any atom is 0.373 e. The number of ether oxygens (including phenoxy) is 1. The van der Waals surface area contributed by atoms with Gasteiger partial charge in [0.1, 0.15) is 6.33 Å². The highest BCUT2D eigenvalue weighted by Crippen LogP contribution is 2.35. The number of fused-ring (bicyclic) bond motifs is 1. The lowest BCUT2D eigenvalue weighted by Crippen LogP contribution is -2.05. The number of aromatic nitrogens is 3. The normalized spacial score (nSPS) is 10.7. The molecule has 2 heterocycles. The Morgan fingerprint density at radius 3 is 2.91 bits per heavy atom. The van der Waals surface area contributed by atoms with Crippen LogP contribution in [0, 0.1) is 17.0 Å². The first-order chi connectivity index (χ1) is 11.1. The van der Waals surface area contributed by atoms with Gasteiger partial charge in [-0.2, -0.15) is 4.98 Å². The van der Waals surface area contributed by atoms with E-state index in [2.05, 4.69) is 20.3 Å². The Morgan fingerprint density at radius 1 is 1.39 bits per heavy atom. The van der Waals surface area contributed by atoms with Crippen LogP contribution in [-0.2, 0) is 0 Å². The fourth-order valence-electron chi connectivity index (χ4n) is 2.10. The molecule has 0 spiro atoms. The molecule has 0 amide bonds. The van der Waals surface area contributed by atoms with Gasteiger partial charge in [-0.25, -0.2) is 9.97 Å². The minimum atomic E-state index is -0.564. The molecule has 3 aromatic rings. The number of thiazole rings is 1. The predicted octanol–water partition coefficient (Wildman–Crippen LogP) is 3.45. The van der Waals surface area contributed by atoms with Crippen LogP contribution in [0.15, 0.2) is 24.5 Å². The van der Waals surface area contributed by atoms with Crippen LogP contribution in [0.3, 0.4) is 0 Å². The Kier molecular flexibility index (Phi) is 4.02. The Bertz CT molecular complexity index is 880. The number of nitrogens with zero attached hydrogens (tertiary/aromatic N) is 4. The molecule has 0 saturated carbocycles. The summed E-state index contributed by atoms with van der Waals surface area (Å²) in [5.74, 6) is -0.00236.